The quantitative estimate of drug-likeness (QED) is 0.174. The van der Waals surface area contributed by atoms with E-state index in [0.29, 0.717) is 6.42 Å². The summed E-state index contributed by atoms with van der Waals surface area (Å²) in [6.45, 7) is 10.9. The van der Waals surface area contributed by atoms with E-state index in [4.69, 9.17) is 0 Å². The zero-order valence-electron chi connectivity index (χ0n) is 28.9. The average Bonchev–Trinajstić information content (AvgIpc) is 3.70. The number of rotatable bonds is 14. The molecule has 5 amide bonds. The molecule has 2 heterocycles. The van der Waals surface area contributed by atoms with Crippen molar-refractivity contribution in [3.63, 3.8) is 0 Å². The van der Waals surface area contributed by atoms with Crippen molar-refractivity contribution in [1.82, 2.24) is 36.1 Å². The Labute approximate surface area is 287 Å². The normalized spacial score (nSPS) is 20.6. The van der Waals surface area contributed by atoms with Gasteiger partial charge in [0, 0.05) is 24.9 Å². The van der Waals surface area contributed by atoms with Gasteiger partial charge in [-0.05, 0) is 43.1 Å². The molecule has 49 heavy (non-hydrogen) atoms. The lowest BCUT2D eigenvalue weighted by Crippen LogP contribution is -2.60. The molecule has 1 aliphatic heterocycles. The molecule has 2 aromatic rings. The molecule has 4 rings (SSSR count). The largest absolute Gasteiger partial charge is 0.344 e. The zero-order valence-corrected chi connectivity index (χ0v) is 28.9. The molecule has 1 fully saturated rings. The Hall–Kier alpha value is -4.94. The maximum absolute atomic E-state index is 14.2. The van der Waals surface area contributed by atoms with Crippen LogP contribution in [0.5, 0.6) is 0 Å². The summed E-state index contributed by atoms with van der Waals surface area (Å²) in [5.41, 5.74) is 0.884. The minimum Gasteiger partial charge on any atom is -0.344 e. The van der Waals surface area contributed by atoms with Crippen LogP contribution in [0.1, 0.15) is 76.5 Å². The number of hydrogen-bond donors (Lipinski definition) is 4. The van der Waals surface area contributed by atoms with E-state index in [1.807, 2.05) is 42.5 Å². The number of nitrogens with one attached hydrogen (secondary N) is 4. The number of aromatic nitrogens is 2. The summed E-state index contributed by atoms with van der Waals surface area (Å²) in [6.07, 6.45) is 8.80. The van der Waals surface area contributed by atoms with Gasteiger partial charge >= 0.3 is 0 Å². The maximum atomic E-state index is 14.2. The summed E-state index contributed by atoms with van der Waals surface area (Å²) < 4.78 is 0. The number of fused-ring (bicyclic) bond motifs is 1. The van der Waals surface area contributed by atoms with Gasteiger partial charge in [-0.25, -0.2) is 4.98 Å². The summed E-state index contributed by atoms with van der Waals surface area (Å²) in [5.74, 6) is -4.66. The van der Waals surface area contributed by atoms with Crippen molar-refractivity contribution >= 4 is 35.3 Å². The van der Waals surface area contributed by atoms with Crippen LogP contribution in [-0.2, 0) is 24.0 Å². The lowest BCUT2D eigenvalue weighted by molar-refractivity contribution is -0.145. The van der Waals surface area contributed by atoms with E-state index in [2.05, 4.69) is 31.2 Å². The molecule has 7 atom stereocenters. The number of carbonyl (C=O) groups is 6. The molecule has 1 aliphatic carbocycles. The van der Waals surface area contributed by atoms with Crippen molar-refractivity contribution in [3.8, 4) is 0 Å². The number of benzene rings is 1. The van der Waals surface area contributed by atoms with E-state index in [0.717, 1.165) is 5.56 Å². The van der Waals surface area contributed by atoms with Crippen LogP contribution in [0.2, 0.25) is 0 Å². The van der Waals surface area contributed by atoms with Crippen LogP contribution in [0.3, 0.4) is 0 Å². The summed E-state index contributed by atoms with van der Waals surface area (Å²) in [6, 6.07) is 4.81. The summed E-state index contributed by atoms with van der Waals surface area (Å²) in [4.78, 5) is 90.1. The first-order chi connectivity index (χ1) is 23.3. The Morgan fingerprint density at radius 2 is 1.57 bits per heavy atom. The predicted octanol–water partition coefficient (Wildman–Crippen LogP) is 2.12. The second kappa shape index (κ2) is 16.4. The Morgan fingerprint density at radius 3 is 2.18 bits per heavy atom. The second-order valence-electron chi connectivity index (χ2n) is 13.4. The molecule has 1 unspecified atom stereocenters. The van der Waals surface area contributed by atoms with E-state index in [1.165, 1.54) is 23.5 Å². The van der Waals surface area contributed by atoms with Gasteiger partial charge < -0.3 is 26.2 Å². The van der Waals surface area contributed by atoms with Crippen LogP contribution >= 0.6 is 0 Å². The topological polar surface area (TPSA) is 180 Å². The summed E-state index contributed by atoms with van der Waals surface area (Å²) in [5, 5.41) is 11.0. The molecule has 1 aromatic carbocycles. The number of ketones is 1. The van der Waals surface area contributed by atoms with Gasteiger partial charge in [0.25, 0.3) is 11.8 Å². The van der Waals surface area contributed by atoms with Gasteiger partial charge in [-0.1, -0.05) is 77.1 Å². The lowest BCUT2D eigenvalue weighted by Gasteiger charge is -2.33. The molecule has 4 N–H and O–H groups in total. The van der Waals surface area contributed by atoms with Gasteiger partial charge in [0.1, 0.15) is 23.8 Å². The van der Waals surface area contributed by atoms with E-state index < -0.39 is 65.5 Å². The second-order valence-corrected chi connectivity index (χ2v) is 13.4. The third-order valence-corrected chi connectivity index (χ3v) is 9.22. The fraction of sp³-hybridized carbons (Fsp3) is 0.500. The molecule has 13 heteroatoms. The minimum absolute atomic E-state index is 0.0509. The summed E-state index contributed by atoms with van der Waals surface area (Å²) in [7, 11) is 0. The van der Waals surface area contributed by atoms with E-state index in [1.54, 1.807) is 41.5 Å². The van der Waals surface area contributed by atoms with Gasteiger partial charge in [0.2, 0.25) is 23.5 Å². The SMILES string of the molecule is CCC(NC(=O)[C@@H]1[C@H]2CC=C[C@H]2CN1C(=O)[C@@H](NC(=O)[C@@H](NC(=O)c1cnccn1)C(C)C)C(C)C)C(=O)C(=O)N[C@@H](C)c1ccccc1. The van der Waals surface area contributed by atoms with Gasteiger partial charge in [0.05, 0.1) is 18.3 Å². The van der Waals surface area contributed by atoms with E-state index >= 15 is 0 Å². The Bertz CT molecular complexity index is 1550. The van der Waals surface area contributed by atoms with Crippen LogP contribution in [-0.4, -0.2) is 80.9 Å². The number of amides is 5. The first-order valence-corrected chi connectivity index (χ1v) is 16.9. The third-order valence-electron chi connectivity index (χ3n) is 9.22. The Morgan fingerprint density at radius 1 is 0.878 bits per heavy atom. The smallest absolute Gasteiger partial charge is 0.290 e. The number of likely N-dealkylation sites (tertiary alicyclic amines) is 1. The van der Waals surface area contributed by atoms with Crippen LogP contribution in [0.4, 0.5) is 0 Å². The predicted molar refractivity (Wildman–Crippen MR) is 181 cm³/mol. The molecule has 262 valence electrons. The molecule has 1 aromatic heterocycles. The molecule has 1 saturated heterocycles. The highest BCUT2D eigenvalue weighted by molar-refractivity contribution is 6.38. The fourth-order valence-electron chi connectivity index (χ4n) is 6.39. The molecular formula is C36H47N7O6. The highest BCUT2D eigenvalue weighted by atomic mass is 16.2. The van der Waals surface area contributed by atoms with E-state index in [9.17, 15) is 28.8 Å². The minimum atomic E-state index is -1.09. The van der Waals surface area contributed by atoms with Crippen LogP contribution in [0.15, 0.2) is 61.1 Å². The van der Waals surface area contributed by atoms with Crippen molar-refractivity contribution in [1.29, 1.82) is 0 Å². The number of carbonyl (C=O) groups excluding carboxylic acids is 6. The molecule has 0 radical (unpaired) electrons. The number of nitrogens with zero attached hydrogens (tertiary/aromatic N) is 3. The van der Waals surface area contributed by atoms with Gasteiger partial charge in [-0.2, -0.15) is 0 Å². The summed E-state index contributed by atoms with van der Waals surface area (Å²) >= 11 is 0. The first-order valence-electron chi connectivity index (χ1n) is 16.9. The fourth-order valence-corrected chi connectivity index (χ4v) is 6.39. The highest BCUT2D eigenvalue weighted by Crippen LogP contribution is 2.39. The lowest BCUT2D eigenvalue weighted by atomic mass is 9.92. The molecule has 0 bridgehead atoms. The van der Waals surface area contributed by atoms with Crippen molar-refractivity contribution in [2.75, 3.05) is 6.54 Å². The molecule has 13 nitrogen and oxygen atoms in total. The standard InChI is InChI=1S/C36H47N7O6/c1-7-26(31(44)35(48)39-22(6)23-12-9-8-10-13-23)40-34(47)30-25-15-11-14-24(25)19-43(30)36(49)29(21(4)5)42-33(46)28(20(2)3)41-32(45)27-18-37-16-17-38-27/h8-14,16-18,20-22,24-26,28-30H,7,15,19H2,1-6H3,(H,39,48)(H,40,47)(H,41,45)(H,42,46)/t22-,24-,25-,26?,28-,29-,30-/m0/s1. The van der Waals surface area contributed by atoms with Crippen molar-refractivity contribution in [2.45, 2.75) is 84.6 Å². The highest BCUT2D eigenvalue weighted by Gasteiger charge is 2.50. The van der Waals surface area contributed by atoms with Gasteiger partial charge in [-0.15, -0.1) is 0 Å². The molecule has 0 saturated carbocycles. The average molecular weight is 674 g/mol. The zero-order chi connectivity index (χ0) is 35.8. The van der Waals surface area contributed by atoms with Gasteiger partial charge in [-0.3, -0.25) is 33.8 Å². The van der Waals surface area contributed by atoms with Crippen LogP contribution in [0, 0.1) is 23.7 Å². The maximum Gasteiger partial charge on any atom is 0.290 e. The Balaban J connectivity index is 1.48. The number of allylic oxidation sites excluding steroid dienone is 1. The molecule has 0 spiro atoms. The van der Waals surface area contributed by atoms with Crippen molar-refractivity contribution < 1.29 is 28.8 Å². The number of Topliss-reactive ketones (excluding diaryl/α,β-unsaturated/α-hetero) is 1. The third kappa shape index (κ3) is 8.76. The van der Waals surface area contributed by atoms with Crippen LogP contribution < -0.4 is 21.3 Å². The van der Waals surface area contributed by atoms with E-state index in [-0.39, 0.29) is 42.3 Å². The first kappa shape index (κ1) is 36.9. The molecule has 2 aliphatic rings. The number of hydrogen-bond acceptors (Lipinski definition) is 8. The van der Waals surface area contributed by atoms with Gasteiger partial charge in [0.15, 0.2) is 0 Å². The Kier molecular flexibility index (Phi) is 12.4. The van der Waals surface area contributed by atoms with Crippen molar-refractivity contribution in [2.24, 2.45) is 23.7 Å². The molecular weight excluding hydrogens is 626 g/mol. The van der Waals surface area contributed by atoms with Crippen LogP contribution in [0.25, 0.3) is 0 Å². The van der Waals surface area contributed by atoms with Crippen molar-refractivity contribution in [3.05, 3.63) is 72.3 Å². The monoisotopic (exact) mass is 673 g/mol.